The molecule has 0 aromatic rings. The normalized spacial score (nSPS) is 14.9. The third kappa shape index (κ3) is 3.84. The molecule has 1 atom stereocenters. The largest absolute Gasteiger partial charge is 0.396 e. The van der Waals surface area contributed by atoms with Gasteiger partial charge in [0, 0.05) is 6.61 Å². The second-order valence-corrected chi connectivity index (χ2v) is 1.61. The van der Waals surface area contributed by atoms with Gasteiger partial charge in [-0.2, -0.15) is 0 Å². The molecule has 0 radical (unpaired) electrons. The van der Waals surface area contributed by atoms with Gasteiger partial charge in [0.15, 0.2) is 0 Å². The fourth-order valence-corrected chi connectivity index (χ4v) is 0.451. The van der Waals surface area contributed by atoms with Gasteiger partial charge in [-0.3, -0.25) is 0 Å². The molecule has 0 bridgehead atoms. The Morgan fingerprint density at radius 1 is 1.62 bits per heavy atom. The first-order chi connectivity index (χ1) is 3.81. The zero-order chi connectivity index (χ0) is 6.41. The third-order valence-electron chi connectivity index (χ3n) is 0.839. The van der Waals surface area contributed by atoms with Crippen molar-refractivity contribution < 1.29 is 10.2 Å². The Bertz CT molecular complexity index is 68.9. The van der Waals surface area contributed by atoms with E-state index in [1.807, 2.05) is 6.92 Å². The van der Waals surface area contributed by atoms with Crippen molar-refractivity contribution in [2.24, 2.45) is 0 Å². The first kappa shape index (κ1) is 7.66. The van der Waals surface area contributed by atoms with Gasteiger partial charge in [-0.05, 0) is 13.3 Å². The van der Waals surface area contributed by atoms with Crippen molar-refractivity contribution in [1.82, 2.24) is 0 Å². The third-order valence-corrected chi connectivity index (χ3v) is 0.839. The average Bonchev–Trinajstić information content (AvgIpc) is 1.68. The molecule has 1 unspecified atom stereocenters. The molecule has 0 spiro atoms. The summed E-state index contributed by atoms with van der Waals surface area (Å²) in [5.74, 6) is 0. The van der Waals surface area contributed by atoms with Gasteiger partial charge in [0.1, 0.15) is 0 Å². The number of aliphatic hydroxyl groups excluding tert-OH is 2. The Balaban J connectivity index is 3.17. The molecule has 2 nitrogen and oxygen atoms in total. The van der Waals surface area contributed by atoms with E-state index in [1.165, 1.54) is 0 Å². The van der Waals surface area contributed by atoms with Gasteiger partial charge in [-0.25, -0.2) is 0 Å². The molecule has 2 heteroatoms. The van der Waals surface area contributed by atoms with E-state index in [1.54, 1.807) is 12.2 Å². The molecule has 0 amide bonds. The lowest BCUT2D eigenvalue weighted by molar-refractivity contribution is 0.170. The maximum Gasteiger partial charge on any atom is 0.0742 e. The first-order valence-corrected chi connectivity index (χ1v) is 2.73. The van der Waals surface area contributed by atoms with Gasteiger partial charge in [-0.1, -0.05) is 12.2 Å². The molecule has 0 saturated heterocycles. The Morgan fingerprint density at radius 3 is 2.62 bits per heavy atom. The molecule has 0 aliphatic rings. The highest BCUT2D eigenvalue weighted by Crippen LogP contribution is 1.90. The second kappa shape index (κ2) is 4.81. The smallest absolute Gasteiger partial charge is 0.0742 e. The lowest BCUT2D eigenvalue weighted by Gasteiger charge is -1.98. The quantitative estimate of drug-likeness (QED) is 0.521. The molecular weight excluding hydrogens is 104 g/mol. The first-order valence-electron chi connectivity index (χ1n) is 2.73. The van der Waals surface area contributed by atoms with Crippen LogP contribution in [0.2, 0.25) is 0 Å². The minimum absolute atomic E-state index is 0.0471. The van der Waals surface area contributed by atoms with E-state index in [0.29, 0.717) is 6.42 Å². The second-order valence-electron chi connectivity index (χ2n) is 1.61. The maximum atomic E-state index is 8.80. The van der Waals surface area contributed by atoms with Crippen LogP contribution in [0.3, 0.4) is 0 Å². The van der Waals surface area contributed by atoms with E-state index in [9.17, 15) is 0 Å². The highest BCUT2D eigenvalue weighted by atomic mass is 16.3. The summed E-state index contributed by atoms with van der Waals surface area (Å²) >= 11 is 0. The molecule has 0 rings (SSSR count). The van der Waals surface area contributed by atoms with Crippen LogP contribution in [0.25, 0.3) is 0 Å². The SMILES string of the molecule is CC=CC(O)CCO. The minimum Gasteiger partial charge on any atom is -0.396 e. The van der Waals surface area contributed by atoms with Crippen LogP contribution in [0.15, 0.2) is 12.2 Å². The monoisotopic (exact) mass is 116 g/mol. The molecular formula is C6H12O2. The van der Waals surface area contributed by atoms with Crippen LogP contribution in [-0.4, -0.2) is 22.9 Å². The summed E-state index contributed by atoms with van der Waals surface area (Å²) < 4.78 is 0. The molecule has 0 saturated carbocycles. The molecule has 8 heavy (non-hydrogen) atoms. The number of aliphatic hydroxyl groups is 2. The lowest BCUT2D eigenvalue weighted by Crippen LogP contribution is -2.03. The molecule has 0 fully saturated rings. The Labute approximate surface area is 49.5 Å². The number of hydrogen-bond acceptors (Lipinski definition) is 2. The summed E-state index contributed by atoms with van der Waals surface area (Å²) in [5.41, 5.74) is 0. The molecule has 0 heterocycles. The van der Waals surface area contributed by atoms with E-state index < -0.39 is 6.10 Å². The summed E-state index contributed by atoms with van der Waals surface area (Å²) in [4.78, 5) is 0. The van der Waals surface area contributed by atoms with Crippen LogP contribution >= 0.6 is 0 Å². The Hall–Kier alpha value is -0.340. The van der Waals surface area contributed by atoms with Gasteiger partial charge in [0.25, 0.3) is 0 Å². The van der Waals surface area contributed by atoms with Crippen molar-refractivity contribution in [3.05, 3.63) is 12.2 Å². The van der Waals surface area contributed by atoms with Crippen LogP contribution in [0.1, 0.15) is 13.3 Å². The number of allylic oxidation sites excluding steroid dienone is 1. The Morgan fingerprint density at radius 2 is 2.25 bits per heavy atom. The fraction of sp³-hybridized carbons (Fsp3) is 0.667. The molecule has 48 valence electrons. The minimum atomic E-state index is -0.468. The van der Waals surface area contributed by atoms with Crippen molar-refractivity contribution in [2.45, 2.75) is 19.4 Å². The van der Waals surface area contributed by atoms with Crippen molar-refractivity contribution in [3.63, 3.8) is 0 Å². The number of hydrogen-bond donors (Lipinski definition) is 2. The predicted octanol–water partition coefficient (Wildman–Crippen LogP) is 0.306. The van der Waals surface area contributed by atoms with Crippen molar-refractivity contribution in [3.8, 4) is 0 Å². The van der Waals surface area contributed by atoms with E-state index in [2.05, 4.69) is 0 Å². The van der Waals surface area contributed by atoms with E-state index in [4.69, 9.17) is 10.2 Å². The molecule has 0 aliphatic heterocycles. The van der Waals surface area contributed by atoms with E-state index >= 15 is 0 Å². The highest BCUT2D eigenvalue weighted by molar-refractivity contribution is 4.84. The van der Waals surface area contributed by atoms with E-state index in [-0.39, 0.29) is 6.61 Å². The zero-order valence-corrected chi connectivity index (χ0v) is 5.04. The Kier molecular flexibility index (Phi) is 4.61. The molecule has 0 aliphatic carbocycles. The zero-order valence-electron chi connectivity index (χ0n) is 5.04. The van der Waals surface area contributed by atoms with Gasteiger partial charge >= 0.3 is 0 Å². The van der Waals surface area contributed by atoms with Crippen LogP contribution in [0.4, 0.5) is 0 Å². The lowest BCUT2D eigenvalue weighted by atomic mass is 10.2. The number of rotatable bonds is 3. The van der Waals surface area contributed by atoms with Crippen LogP contribution in [0.5, 0.6) is 0 Å². The molecule has 0 aromatic carbocycles. The maximum absolute atomic E-state index is 8.80. The van der Waals surface area contributed by atoms with E-state index in [0.717, 1.165) is 0 Å². The summed E-state index contributed by atoms with van der Waals surface area (Å²) in [6, 6.07) is 0. The fourth-order valence-electron chi connectivity index (χ4n) is 0.451. The highest BCUT2D eigenvalue weighted by Gasteiger charge is 1.93. The van der Waals surface area contributed by atoms with Crippen LogP contribution in [0, 0.1) is 0 Å². The van der Waals surface area contributed by atoms with Crippen molar-refractivity contribution in [2.75, 3.05) is 6.61 Å². The van der Waals surface area contributed by atoms with Crippen molar-refractivity contribution >= 4 is 0 Å². The molecule has 0 aromatic heterocycles. The summed E-state index contributed by atoms with van der Waals surface area (Å²) in [6.07, 6.45) is 3.38. The van der Waals surface area contributed by atoms with Gasteiger partial charge in [0.05, 0.1) is 6.10 Å². The summed E-state index contributed by atoms with van der Waals surface area (Å²) in [5, 5.41) is 17.1. The predicted molar refractivity (Wildman–Crippen MR) is 32.5 cm³/mol. The summed E-state index contributed by atoms with van der Waals surface area (Å²) in [7, 11) is 0. The van der Waals surface area contributed by atoms with Crippen LogP contribution < -0.4 is 0 Å². The van der Waals surface area contributed by atoms with Crippen molar-refractivity contribution in [1.29, 1.82) is 0 Å². The van der Waals surface area contributed by atoms with Gasteiger partial charge < -0.3 is 10.2 Å². The standard InChI is InChI=1S/C6H12O2/c1-2-3-6(8)4-5-7/h2-3,6-8H,4-5H2,1H3. The topological polar surface area (TPSA) is 40.5 Å². The average molecular weight is 116 g/mol. The van der Waals surface area contributed by atoms with Gasteiger partial charge in [-0.15, -0.1) is 0 Å². The molecule has 2 N–H and O–H groups in total. The van der Waals surface area contributed by atoms with Gasteiger partial charge in [0.2, 0.25) is 0 Å². The van der Waals surface area contributed by atoms with Crippen LogP contribution in [-0.2, 0) is 0 Å². The summed E-state index contributed by atoms with van der Waals surface area (Å²) in [6.45, 7) is 1.88.